The summed E-state index contributed by atoms with van der Waals surface area (Å²) in [6.45, 7) is 4.81. The molecular weight excluding hydrogens is 217 g/mol. The van der Waals surface area contributed by atoms with Gasteiger partial charge in [0, 0.05) is 6.54 Å². The van der Waals surface area contributed by atoms with E-state index < -0.39 is 7.82 Å². The van der Waals surface area contributed by atoms with E-state index in [0.29, 0.717) is 6.54 Å². The van der Waals surface area contributed by atoms with Gasteiger partial charge in [-0.1, -0.05) is 13.3 Å². The van der Waals surface area contributed by atoms with E-state index in [1.165, 1.54) is 19.3 Å². The van der Waals surface area contributed by atoms with E-state index >= 15 is 0 Å². The minimum Gasteiger partial charge on any atom is -0.756 e. The van der Waals surface area contributed by atoms with Gasteiger partial charge in [-0.15, -0.1) is 0 Å². The molecule has 0 spiro atoms. The highest BCUT2D eigenvalue weighted by molar-refractivity contribution is 7.44. The second-order valence-corrected chi connectivity index (χ2v) is 5.19. The number of phosphoric acid groups is 1. The number of hydrogen-bond donors (Lipinski definition) is 1. The molecule has 15 heavy (non-hydrogen) atoms. The Bertz CT molecular complexity index is 222. The van der Waals surface area contributed by atoms with Crippen LogP contribution in [-0.2, 0) is 9.09 Å². The van der Waals surface area contributed by atoms with Gasteiger partial charge < -0.3 is 19.2 Å². The van der Waals surface area contributed by atoms with Crippen molar-refractivity contribution in [2.45, 2.75) is 26.2 Å². The molecular formula is C9H19NO4P-. The molecule has 1 saturated heterocycles. The molecule has 1 aliphatic rings. The fourth-order valence-corrected chi connectivity index (χ4v) is 2.22. The van der Waals surface area contributed by atoms with Gasteiger partial charge in [0.1, 0.15) is 0 Å². The largest absolute Gasteiger partial charge is 0.756 e. The van der Waals surface area contributed by atoms with Crippen molar-refractivity contribution in [3.63, 3.8) is 0 Å². The monoisotopic (exact) mass is 236 g/mol. The van der Waals surface area contributed by atoms with Gasteiger partial charge in [-0.25, -0.2) is 0 Å². The van der Waals surface area contributed by atoms with E-state index in [4.69, 9.17) is 4.89 Å². The molecule has 0 aromatic heterocycles. The Kier molecular flexibility index (Phi) is 5.23. The van der Waals surface area contributed by atoms with Gasteiger partial charge in [0.05, 0.1) is 6.61 Å². The smallest absolute Gasteiger partial charge is 0.265 e. The summed E-state index contributed by atoms with van der Waals surface area (Å²) in [7, 11) is -4.53. The molecule has 1 N–H and O–H groups in total. The minimum absolute atomic E-state index is 0.0497. The highest BCUT2D eigenvalue weighted by Gasteiger charge is 2.17. The Hall–Kier alpha value is 0.0700. The topological polar surface area (TPSA) is 72.8 Å². The summed E-state index contributed by atoms with van der Waals surface area (Å²) in [5, 5.41) is 0. The lowest BCUT2D eigenvalue weighted by Crippen LogP contribution is -2.35. The van der Waals surface area contributed by atoms with Crippen LogP contribution in [0.4, 0.5) is 0 Å². The second kappa shape index (κ2) is 5.97. The summed E-state index contributed by atoms with van der Waals surface area (Å²) in [6.07, 6.45) is 3.56. The van der Waals surface area contributed by atoms with E-state index in [2.05, 4.69) is 16.3 Å². The second-order valence-electron chi connectivity index (χ2n) is 4.00. The number of rotatable bonds is 5. The summed E-state index contributed by atoms with van der Waals surface area (Å²) in [5.74, 6) is 0.811. The number of nitrogens with zero attached hydrogens (tertiary/aromatic N) is 1. The van der Waals surface area contributed by atoms with Gasteiger partial charge >= 0.3 is 0 Å². The molecule has 1 fully saturated rings. The van der Waals surface area contributed by atoms with Gasteiger partial charge in [0.25, 0.3) is 7.82 Å². The van der Waals surface area contributed by atoms with Crippen LogP contribution >= 0.6 is 7.82 Å². The Balaban J connectivity index is 2.11. The third-order valence-electron chi connectivity index (χ3n) is 2.95. The van der Waals surface area contributed by atoms with Crippen molar-refractivity contribution in [2.75, 3.05) is 26.2 Å². The first-order chi connectivity index (χ1) is 7.01. The molecule has 6 heteroatoms. The van der Waals surface area contributed by atoms with Crippen molar-refractivity contribution in [1.29, 1.82) is 0 Å². The Morgan fingerprint density at radius 2 is 2.13 bits per heavy atom. The lowest BCUT2D eigenvalue weighted by molar-refractivity contribution is -0.220. The molecule has 0 amide bonds. The molecule has 1 atom stereocenters. The van der Waals surface area contributed by atoms with Gasteiger partial charge in [-0.05, 0) is 31.8 Å². The lowest BCUT2D eigenvalue weighted by atomic mass is 9.94. The zero-order valence-electron chi connectivity index (χ0n) is 9.09. The third kappa shape index (κ3) is 5.64. The Labute approximate surface area is 90.7 Å². The molecule has 0 saturated carbocycles. The molecule has 1 unspecified atom stereocenters. The fourth-order valence-electron chi connectivity index (χ4n) is 1.90. The SMILES string of the molecule is CCC1CCN(CCOP(=O)([O-])O)CC1. The summed E-state index contributed by atoms with van der Waals surface area (Å²) in [6, 6.07) is 0. The average Bonchev–Trinajstić information content (AvgIpc) is 2.17. The van der Waals surface area contributed by atoms with Crippen LogP contribution in [0, 0.1) is 5.92 Å². The summed E-state index contributed by atoms with van der Waals surface area (Å²) >= 11 is 0. The zero-order chi connectivity index (χ0) is 11.3. The van der Waals surface area contributed by atoms with Crippen LogP contribution in [0.2, 0.25) is 0 Å². The third-order valence-corrected chi connectivity index (χ3v) is 3.46. The van der Waals surface area contributed by atoms with E-state index in [9.17, 15) is 9.46 Å². The first-order valence-electron chi connectivity index (χ1n) is 5.42. The number of likely N-dealkylation sites (tertiary alicyclic amines) is 1. The average molecular weight is 236 g/mol. The van der Waals surface area contributed by atoms with Crippen LogP contribution in [0.3, 0.4) is 0 Å². The van der Waals surface area contributed by atoms with Crippen LogP contribution in [-0.4, -0.2) is 36.0 Å². The predicted octanol–water partition coefficient (Wildman–Crippen LogP) is 0.586. The maximum absolute atomic E-state index is 10.3. The lowest BCUT2D eigenvalue weighted by Gasteiger charge is -2.31. The van der Waals surface area contributed by atoms with Crippen molar-refractivity contribution < 1.29 is 18.9 Å². The van der Waals surface area contributed by atoms with Crippen LogP contribution in [0.25, 0.3) is 0 Å². The summed E-state index contributed by atoms with van der Waals surface area (Å²) < 4.78 is 14.6. The minimum atomic E-state index is -4.53. The molecule has 1 aliphatic heterocycles. The van der Waals surface area contributed by atoms with Crippen LogP contribution < -0.4 is 4.89 Å². The molecule has 0 bridgehead atoms. The molecule has 0 aromatic carbocycles. The standard InChI is InChI=1S/C9H20NO4P/c1-2-9-3-5-10(6-4-9)7-8-14-15(11,12)13/h9H,2-8H2,1H3,(H2,11,12,13)/p-1. The number of piperidine rings is 1. The van der Waals surface area contributed by atoms with E-state index in [1.54, 1.807) is 0 Å². The summed E-state index contributed by atoms with van der Waals surface area (Å²) in [5.41, 5.74) is 0. The van der Waals surface area contributed by atoms with Crippen molar-refractivity contribution in [3.05, 3.63) is 0 Å². The maximum Gasteiger partial charge on any atom is 0.265 e. The van der Waals surface area contributed by atoms with Gasteiger partial charge in [0.2, 0.25) is 0 Å². The van der Waals surface area contributed by atoms with Crippen molar-refractivity contribution in [1.82, 2.24) is 4.90 Å². The van der Waals surface area contributed by atoms with Gasteiger partial charge in [0.15, 0.2) is 0 Å². The molecule has 5 nitrogen and oxygen atoms in total. The van der Waals surface area contributed by atoms with Gasteiger partial charge in [-0.2, -0.15) is 0 Å². The van der Waals surface area contributed by atoms with Crippen LogP contribution in [0.5, 0.6) is 0 Å². The first kappa shape index (κ1) is 13.1. The zero-order valence-corrected chi connectivity index (χ0v) is 9.99. The number of phosphoric ester groups is 1. The van der Waals surface area contributed by atoms with E-state index in [0.717, 1.165) is 19.0 Å². The molecule has 0 radical (unpaired) electrons. The molecule has 0 aliphatic carbocycles. The number of hydrogen-bond acceptors (Lipinski definition) is 4. The van der Waals surface area contributed by atoms with E-state index in [-0.39, 0.29) is 6.61 Å². The molecule has 1 heterocycles. The maximum atomic E-state index is 10.3. The van der Waals surface area contributed by atoms with Crippen molar-refractivity contribution >= 4 is 7.82 Å². The Morgan fingerprint density at radius 1 is 1.53 bits per heavy atom. The highest BCUT2D eigenvalue weighted by Crippen LogP contribution is 2.29. The predicted molar refractivity (Wildman–Crippen MR) is 55.2 cm³/mol. The van der Waals surface area contributed by atoms with Crippen LogP contribution in [0.1, 0.15) is 26.2 Å². The quantitative estimate of drug-likeness (QED) is 0.707. The first-order valence-corrected chi connectivity index (χ1v) is 6.91. The molecule has 0 aromatic rings. The fraction of sp³-hybridized carbons (Fsp3) is 1.00. The van der Waals surface area contributed by atoms with E-state index in [1.807, 2.05) is 0 Å². The molecule has 90 valence electrons. The van der Waals surface area contributed by atoms with Crippen LogP contribution in [0.15, 0.2) is 0 Å². The summed E-state index contributed by atoms with van der Waals surface area (Å²) in [4.78, 5) is 20.9. The van der Waals surface area contributed by atoms with Gasteiger partial charge in [-0.3, -0.25) is 4.57 Å². The highest BCUT2D eigenvalue weighted by atomic mass is 31.2. The Morgan fingerprint density at radius 3 is 2.60 bits per heavy atom. The van der Waals surface area contributed by atoms with Crippen molar-refractivity contribution in [2.24, 2.45) is 5.92 Å². The van der Waals surface area contributed by atoms with Crippen molar-refractivity contribution in [3.8, 4) is 0 Å². The molecule has 1 rings (SSSR count). The normalized spacial score (nSPS) is 23.9.